The molecule has 0 aliphatic heterocycles. The summed E-state index contributed by atoms with van der Waals surface area (Å²) in [4.78, 5) is 14.6. The molecule has 6 heteroatoms. The molecule has 4 nitrogen and oxygen atoms in total. The van der Waals surface area contributed by atoms with Gasteiger partial charge in [0.2, 0.25) is 0 Å². The fraction of sp³-hybridized carbons (Fsp3) is 0.562. The Morgan fingerprint density at radius 2 is 1.86 bits per heavy atom. The maximum atomic E-state index is 12.4. The van der Waals surface area contributed by atoms with Crippen LogP contribution < -0.4 is 11.1 Å². The SMILES string of the molecule is Cc1ccc(N)cc1C(=O)NCC1(N(C)C)CCCC1.Cl.Cl. The Bertz CT molecular complexity index is 500. The summed E-state index contributed by atoms with van der Waals surface area (Å²) in [6.45, 7) is 2.64. The number of nitrogens with zero attached hydrogens (tertiary/aromatic N) is 1. The van der Waals surface area contributed by atoms with Crippen LogP contribution in [0.2, 0.25) is 0 Å². The maximum Gasteiger partial charge on any atom is 0.251 e. The molecule has 0 saturated heterocycles. The zero-order valence-electron chi connectivity index (χ0n) is 13.5. The highest BCUT2D eigenvalue weighted by molar-refractivity contribution is 5.96. The van der Waals surface area contributed by atoms with Gasteiger partial charge in [-0.05, 0) is 51.6 Å². The summed E-state index contributed by atoms with van der Waals surface area (Å²) in [6.07, 6.45) is 4.78. The number of amides is 1. The van der Waals surface area contributed by atoms with Gasteiger partial charge in [-0.1, -0.05) is 18.9 Å². The zero-order chi connectivity index (χ0) is 14.8. The number of benzene rings is 1. The number of hydrogen-bond donors (Lipinski definition) is 2. The lowest BCUT2D eigenvalue weighted by atomic mass is 9.95. The topological polar surface area (TPSA) is 58.4 Å². The van der Waals surface area contributed by atoms with Gasteiger partial charge in [0.25, 0.3) is 5.91 Å². The number of halogens is 2. The van der Waals surface area contributed by atoms with E-state index in [9.17, 15) is 4.79 Å². The van der Waals surface area contributed by atoms with Crippen LogP contribution in [0.3, 0.4) is 0 Å². The van der Waals surface area contributed by atoms with Gasteiger partial charge >= 0.3 is 0 Å². The number of nitrogen functional groups attached to an aromatic ring is 1. The number of aryl methyl sites for hydroxylation is 1. The average Bonchev–Trinajstić information content (AvgIpc) is 2.89. The van der Waals surface area contributed by atoms with E-state index in [1.165, 1.54) is 12.8 Å². The molecular formula is C16H27Cl2N3O. The summed E-state index contributed by atoms with van der Waals surface area (Å²) in [6, 6.07) is 5.47. The predicted octanol–water partition coefficient (Wildman–Crippen LogP) is 3.03. The van der Waals surface area contributed by atoms with Gasteiger partial charge in [-0.2, -0.15) is 0 Å². The number of hydrogen-bond acceptors (Lipinski definition) is 3. The van der Waals surface area contributed by atoms with Crippen molar-refractivity contribution in [1.29, 1.82) is 0 Å². The van der Waals surface area contributed by atoms with Crippen molar-refractivity contribution in [2.75, 3.05) is 26.4 Å². The van der Waals surface area contributed by atoms with Crippen LogP contribution in [0.4, 0.5) is 5.69 Å². The first-order valence-electron chi connectivity index (χ1n) is 7.26. The summed E-state index contributed by atoms with van der Waals surface area (Å²) < 4.78 is 0. The molecule has 0 heterocycles. The molecule has 1 fully saturated rings. The second-order valence-electron chi connectivity index (χ2n) is 6.08. The minimum absolute atomic E-state index is 0. The van der Waals surface area contributed by atoms with E-state index in [-0.39, 0.29) is 36.3 Å². The molecular weight excluding hydrogens is 321 g/mol. The van der Waals surface area contributed by atoms with Gasteiger partial charge in [0.15, 0.2) is 0 Å². The number of nitrogens with two attached hydrogens (primary N) is 1. The smallest absolute Gasteiger partial charge is 0.251 e. The molecule has 1 aromatic rings. The fourth-order valence-electron chi connectivity index (χ4n) is 3.04. The molecule has 1 saturated carbocycles. The maximum absolute atomic E-state index is 12.4. The van der Waals surface area contributed by atoms with Crippen molar-refractivity contribution < 1.29 is 4.79 Å². The standard InChI is InChI=1S/C16H25N3O.2ClH/c1-12-6-7-13(17)10-14(12)15(20)18-11-16(19(2)3)8-4-5-9-16;;/h6-7,10H,4-5,8-9,11,17H2,1-3H3,(H,18,20);2*1H. The van der Waals surface area contributed by atoms with Crippen LogP contribution in [0.1, 0.15) is 41.6 Å². The molecule has 3 N–H and O–H groups in total. The lowest BCUT2D eigenvalue weighted by Gasteiger charge is -2.36. The number of anilines is 1. The van der Waals surface area contributed by atoms with Crippen LogP contribution in [0.5, 0.6) is 0 Å². The first-order valence-corrected chi connectivity index (χ1v) is 7.26. The van der Waals surface area contributed by atoms with Gasteiger partial charge in [0.05, 0.1) is 0 Å². The Balaban J connectivity index is 0.00000220. The summed E-state index contributed by atoms with van der Waals surface area (Å²) >= 11 is 0. The van der Waals surface area contributed by atoms with Crippen molar-refractivity contribution in [3.63, 3.8) is 0 Å². The molecule has 1 amide bonds. The van der Waals surface area contributed by atoms with Crippen LogP contribution in [0.15, 0.2) is 18.2 Å². The average molecular weight is 348 g/mol. The van der Waals surface area contributed by atoms with Crippen LogP contribution in [-0.4, -0.2) is 37.0 Å². The molecule has 0 atom stereocenters. The Morgan fingerprint density at radius 1 is 1.27 bits per heavy atom. The quantitative estimate of drug-likeness (QED) is 0.823. The number of carbonyl (C=O) groups excluding carboxylic acids is 1. The Morgan fingerprint density at radius 3 is 2.41 bits per heavy atom. The number of likely N-dealkylation sites (N-methyl/N-ethyl adjacent to an activating group) is 1. The molecule has 0 aromatic heterocycles. The molecule has 0 radical (unpaired) electrons. The monoisotopic (exact) mass is 347 g/mol. The number of carbonyl (C=O) groups is 1. The van der Waals surface area contributed by atoms with Crippen LogP contribution >= 0.6 is 24.8 Å². The summed E-state index contributed by atoms with van der Waals surface area (Å²) in [5.41, 5.74) is 8.15. The Kier molecular flexibility index (Phi) is 8.23. The third-order valence-corrected chi connectivity index (χ3v) is 4.57. The molecule has 22 heavy (non-hydrogen) atoms. The molecule has 126 valence electrons. The van der Waals surface area contributed by atoms with Crippen molar-refractivity contribution in [3.8, 4) is 0 Å². The molecule has 1 aromatic carbocycles. The van der Waals surface area contributed by atoms with Crippen LogP contribution in [-0.2, 0) is 0 Å². The highest BCUT2D eigenvalue weighted by Gasteiger charge is 2.36. The van der Waals surface area contributed by atoms with Gasteiger partial charge in [-0.25, -0.2) is 0 Å². The van der Waals surface area contributed by atoms with E-state index < -0.39 is 0 Å². The lowest BCUT2D eigenvalue weighted by molar-refractivity contribution is 0.0899. The van der Waals surface area contributed by atoms with Crippen molar-refractivity contribution in [3.05, 3.63) is 29.3 Å². The van der Waals surface area contributed by atoms with Gasteiger partial charge in [-0.15, -0.1) is 24.8 Å². The van der Waals surface area contributed by atoms with E-state index in [1.807, 2.05) is 19.1 Å². The summed E-state index contributed by atoms with van der Waals surface area (Å²) in [5.74, 6) is -0.0251. The third kappa shape index (κ3) is 4.51. The highest BCUT2D eigenvalue weighted by Crippen LogP contribution is 2.33. The van der Waals surface area contributed by atoms with Crippen LogP contribution in [0, 0.1) is 6.92 Å². The fourth-order valence-corrected chi connectivity index (χ4v) is 3.04. The molecule has 2 rings (SSSR count). The lowest BCUT2D eigenvalue weighted by Crippen LogP contribution is -2.50. The van der Waals surface area contributed by atoms with Gasteiger partial charge in [-0.3, -0.25) is 4.79 Å². The van der Waals surface area contributed by atoms with E-state index in [0.717, 1.165) is 18.4 Å². The predicted molar refractivity (Wildman–Crippen MR) is 97.3 cm³/mol. The van der Waals surface area contributed by atoms with Crippen molar-refractivity contribution >= 4 is 36.4 Å². The minimum Gasteiger partial charge on any atom is -0.399 e. The van der Waals surface area contributed by atoms with Gasteiger partial charge in [0, 0.05) is 23.3 Å². The van der Waals surface area contributed by atoms with E-state index in [2.05, 4.69) is 24.3 Å². The first kappa shape index (κ1) is 21.0. The number of nitrogens with one attached hydrogen (secondary N) is 1. The van der Waals surface area contributed by atoms with Crippen LogP contribution in [0.25, 0.3) is 0 Å². The van der Waals surface area contributed by atoms with Gasteiger partial charge < -0.3 is 16.0 Å². The Labute approximate surface area is 145 Å². The highest BCUT2D eigenvalue weighted by atomic mass is 35.5. The molecule has 1 aliphatic carbocycles. The normalized spacial score (nSPS) is 15.8. The molecule has 0 spiro atoms. The van der Waals surface area contributed by atoms with Gasteiger partial charge in [0.1, 0.15) is 0 Å². The van der Waals surface area contributed by atoms with E-state index in [4.69, 9.17) is 5.73 Å². The third-order valence-electron chi connectivity index (χ3n) is 4.57. The van der Waals surface area contributed by atoms with Crippen molar-refractivity contribution in [2.24, 2.45) is 0 Å². The van der Waals surface area contributed by atoms with Crippen molar-refractivity contribution in [1.82, 2.24) is 10.2 Å². The number of rotatable bonds is 4. The summed E-state index contributed by atoms with van der Waals surface area (Å²) in [5, 5.41) is 3.09. The van der Waals surface area contributed by atoms with Crippen molar-refractivity contribution in [2.45, 2.75) is 38.1 Å². The Hall–Kier alpha value is -0.970. The largest absolute Gasteiger partial charge is 0.399 e. The minimum atomic E-state index is -0.0251. The molecule has 1 aliphatic rings. The van der Waals surface area contributed by atoms with E-state index in [0.29, 0.717) is 17.8 Å². The first-order chi connectivity index (χ1) is 9.44. The molecule has 0 bridgehead atoms. The summed E-state index contributed by atoms with van der Waals surface area (Å²) in [7, 11) is 4.20. The second kappa shape index (κ2) is 8.61. The molecule has 0 unspecified atom stereocenters. The zero-order valence-corrected chi connectivity index (χ0v) is 15.1. The second-order valence-corrected chi connectivity index (χ2v) is 6.08. The van der Waals surface area contributed by atoms with E-state index >= 15 is 0 Å². The van der Waals surface area contributed by atoms with E-state index in [1.54, 1.807) is 6.07 Å².